The summed E-state index contributed by atoms with van der Waals surface area (Å²) in [6, 6.07) is 0. The van der Waals surface area contributed by atoms with Crippen LogP contribution in [0.3, 0.4) is 0 Å². The average Bonchev–Trinajstić information content (AvgIpc) is 3.04. The molecule has 2 rings (SSSR count). The van der Waals surface area contributed by atoms with E-state index in [1.165, 1.54) is 0 Å². The molecule has 25 heavy (non-hydrogen) atoms. The second kappa shape index (κ2) is 11.7. The fourth-order valence-corrected chi connectivity index (χ4v) is 2.76. The normalized spacial score (nSPS) is 16.2. The van der Waals surface area contributed by atoms with Gasteiger partial charge in [-0.25, -0.2) is 0 Å². The Morgan fingerprint density at radius 2 is 2.08 bits per heavy atom. The Morgan fingerprint density at radius 1 is 1.36 bits per heavy atom. The Balaban J connectivity index is 0.00000312. The predicted octanol–water partition coefficient (Wildman–Crippen LogP) is 2.82. The van der Waals surface area contributed by atoms with Gasteiger partial charge in [-0.15, -0.1) is 24.0 Å². The van der Waals surface area contributed by atoms with Gasteiger partial charge in [0.05, 0.1) is 12.6 Å². The minimum Gasteiger partial charge on any atom is -0.378 e. The van der Waals surface area contributed by atoms with Crippen LogP contribution in [0.2, 0.25) is 0 Å². The highest BCUT2D eigenvalue weighted by molar-refractivity contribution is 14.0. The lowest BCUT2D eigenvalue weighted by molar-refractivity contribution is 0.0264. The Kier molecular flexibility index (Phi) is 10.3. The fraction of sp³-hybridized carbons (Fsp3) is 0.824. The molecule has 144 valence electrons. The molecule has 1 N–H and O–H groups in total. The van der Waals surface area contributed by atoms with Gasteiger partial charge in [-0.3, -0.25) is 4.99 Å². The molecular formula is C17H32IN5O2. The molecule has 7 nitrogen and oxygen atoms in total. The second-order valence-electron chi connectivity index (χ2n) is 6.33. The number of nitrogens with zero attached hydrogens (tertiary/aromatic N) is 4. The quantitative estimate of drug-likeness (QED) is 0.379. The maximum absolute atomic E-state index is 5.72. The van der Waals surface area contributed by atoms with Gasteiger partial charge in [0, 0.05) is 38.6 Å². The molecule has 1 aromatic heterocycles. The van der Waals surface area contributed by atoms with Crippen molar-refractivity contribution in [3.63, 3.8) is 0 Å². The zero-order valence-electron chi connectivity index (χ0n) is 15.8. The summed E-state index contributed by atoms with van der Waals surface area (Å²) in [6.45, 7) is 12.5. The van der Waals surface area contributed by atoms with Crippen LogP contribution in [0.1, 0.15) is 58.2 Å². The summed E-state index contributed by atoms with van der Waals surface area (Å²) in [7, 11) is 0. The van der Waals surface area contributed by atoms with Crippen molar-refractivity contribution in [3.8, 4) is 0 Å². The van der Waals surface area contributed by atoms with E-state index in [9.17, 15) is 0 Å². The molecule has 0 spiro atoms. The third kappa shape index (κ3) is 7.08. The summed E-state index contributed by atoms with van der Waals surface area (Å²) in [5, 5.41) is 7.37. The van der Waals surface area contributed by atoms with Crippen LogP contribution in [0.5, 0.6) is 0 Å². The minimum absolute atomic E-state index is 0. The van der Waals surface area contributed by atoms with Crippen molar-refractivity contribution in [2.24, 2.45) is 4.99 Å². The number of likely N-dealkylation sites (tertiary alicyclic amines) is 1. The standard InChI is InChI=1S/C17H31N5O2.HI/c1-5-18-17(22-11-8-14(9-12-22)23-6-2)19-10-7-15-20-16(13(3)4)21-24-15;/h13-14H,5-12H2,1-4H3,(H,18,19);1H. The van der Waals surface area contributed by atoms with Crippen molar-refractivity contribution in [1.82, 2.24) is 20.4 Å². The van der Waals surface area contributed by atoms with E-state index in [4.69, 9.17) is 14.3 Å². The largest absolute Gasteiger partial charge is 0.378 e. The summed E-state index contributed by atoms with van der Waals surface area (Å²) >= 11 is 0. The molecule has 0 aromatic carbocycles. The Morgan fingerprint density at radius 3 is 2.64 bits per heavy atom. The minimum atomic E-state index is 0. The van der Waals surface area contributed by atoms with Gasteiger partial charge >= 0.3 is 0 Å². The van der Waals surface area contributed by atoms with Crippen molar-refractivity contribution in [2.75, 3.05) is 32.8 Å². The summed E-state index contributed by atoms with van der Waals surface area (Å²) in [5.74, 6) is 2.68. The summed E-state index contributed by atoms with van der Waals surface area (Å²) in [6.07, 6.45) is 3.17. The lowest BCUT2D eigenvalue weighted by atomic mass is 10.1. The lowest BCUT2D eigenvalue weighted by Gasteiger charge is -2.34. The molecule has 1 aliphatic rings. The van der Waals surface area contributed by atoms with Gasteiger partial charge in [-0.05, 0) is 26.7 Å². The van der Waals surface area contributed by atoms with E-state index in [0.717, 1.165) is 50.9 Å². The first-order valence-corrected chi connectivity index (χ1v) is 9.11. The zero-order chi connectivity index (χ0) is 17.4. The number of hydrogen-bond donors (Lipinski definition) is 1. The molecule has 2 heterocycles. The van der Waals surface area contributed by atoms with Gasteiger partial charge in [0.2, 0.25) is 5.89 Å². The number of halogens is 1. The van der Waals surface area contributed by atoms with Crippen molar-refractivity contribution in [2.45, 2.75) is 59.0 Å². The molecule has 0 aliphatic carbocycles. The average molecular weight is 465 g/mol. The number of nitrogens with one attached hydrogen (secondary N) is 1. The van der Waals surface area contributed by atoms with E-state index in [-0.39, 0.29) is 29.9 Å². The monoisotopic (exact) mass is 465 g/mol. The van der Waals surface area contributed by atoms with Gasteiger partial charge < -0.3 is 19.5 Å². The first-order chi connectivity index (χ1) is 11.6. The molecule has 0 bridgehead atoms. The van der Waals surface area contributed by atoms with Crippen LogP contribution in [0.25, 0.3) is 0 Å². The highest BCUT2D eigenvalue weighted by Crippen LogP contribution is 2.14. The Bertz CT molecular complexity index is 513. The molecule has 8 heteroatoms. The third-order valence-corrected chi connectivity index (χ3v) is 4.07. The van der Waals surface area contributed by atoms with Gasteiger partial charge in [0.25, 0.3) is 0 Å². The number of guanidine groups is 1. The SMILES string of the molecule is CCNC(=NCCc1nc(C(C)C)no1)N1CCC(OCC)CC1.I. The Hall–Kier alpha value is -0.900. The van der Waals surface area contributed by atoms with E-state index < -0.39 is 0 Å². The number of aliphatic imine (C=N–C) groups is 1. The third-order valence-electron chi connectivity index (χ3n) is 4.07. The van der Waals surface area contributed by atoms with Crippen LogP contribution >= 0.6 is 24.0 Å². The van der Waals surface area contributed by atoms with Gasteiger partial charge in [0.15, 0.2) is 11.8 Å². The van der Waals surface area contributed by atoms with Crippen LogP contribution in [0.15, 0.2) is 9.52 Å². The summed E-state index contributed by atoms with van der Waals surface area (Å²) in [4.78, 5) is 11.4. The molecule has 0 saturated carbocycles. The number of ether oxygens (including phenoxy) is 1. The van der Waals surface area contributed by atoms with E-state index in [0.29, 0.717) is 25.0 Å². The molecule has 1 fully saturated rings. The molecular weight excluding hydrogens is 433 g/mol. The van der Waals surface area contributed by atoms with E-state index in [2.05, 4.69) is 48.1 Å². The molecule has 0 radical (unpaired) electrons. The van der Waals surface area contributed by atoms with Crippen LogP contribution in [-0.2, 0) is 11.2 Å². The lowest BCUT2D eigenvalue weighted by Crippen LogP contribution is -2.47. The van der Waals surface area contributed by atoms with Gasteiger partial charge in [-0.2, -0.15) is 4.98 Å². The maximum atomic E-state index is 5.72. The summed E-state index contributed by atoms with van der Waals surface area (Å²) in [5.41, 5.74) is 0. The van der Waals surface area contributed by atoms with E-state index >= 15 is 0 Å². The van der Waals surface area contributed by atoms with Crippen LogP contribution in [-0.4, -0.2) is 59.9 Å². The Labute approximate surface area is 168 Å². The van der Waals surface area contributed by atoms with E-state index in [1.807, 2.05) is 0 Å². The molecule has 1 saturated heterocycles. The number of hydrogen-bond acceptors (Lipinski definition) is 5. The van der Waals surface area contributed by atoms with Crippen LogP contribution < -0.4 is 5.32 Å². The molecule has 0 unspecified atom stereocenters. The van der Waals surface area contributed by atoms with Crippen molar-refractivity contribution in [1.29, 1.82) is 0 Å². The number of rotatable bonds is 7. The highest BCUT2D eigenvalue weighted by Gasteiger charge is 2.21. The van der Waals surface area contributed by atoms with E-state index in [1.54, 1.807) is 0 Å². The molecule has 1 aliphatic heterocycles. The second-order valence-corrected chi connectivity index (χ2v) is 6.33. The first kappa shape index (κ1) is 22.1. The van der Waals surface area contributed by atoms with Crippen molar-refractivity contribution >= 4 is 29.9 Å². The summed E-state index contributed by atoms with van der Waals surface area (Å²) < 4.78 is 11.0. The van der Waals surface area contributed by atoms with Crippen molar-refractivity contribution in [3.05, 3.63) is 11.7 Å². The molecule has 0 amide bonds. The molecule has 1 aromatic rings. The van der Waals surface area contributed by atoms with Crippen LogP contribution in [0, 0.1) is 0 Å². The van der Waals surface area contributed by atoms with Crippen molar-refractivity contribution < 1.29 is 9.26 Å². The highest BCUT2D eigenvalue weighted by atomic mass is 127. The smallest absolute Gasteiger partial charge is 0.228 e. The maximum Gasteiger partial charge on any atom is 0.228 e. The topological polar surface area (TPSA) is 75.8 Å². The first-order valence-electron chi connectivity index (χ1n) is 9.11. The zero-order valence-corrected chi connectivity index (χ0v) is 18.2. The molecule has 0 atom stereocenters. The van der Waals surface area contributed by atoms with Gasteiger partial charge in [-0.1, -0.05) is 19.0 Å². The number of aromatic nitrogens is 2. The predicted molar refractivity (Wildman–Crippen MR) is 110 cm³/mol. The van der Waals surface area contributed by atoms with Gasteiger partial charge in [0.1, 0.15) is 0 Å². The fourth-order valence-electron chi connectivity index (χ4n) is 2.76. The number of piperidine rings is 1. The van der Waals surface area contributed by atoms with Crippen LogP contribution in [0.4, 0.5) is 0 Å².